The Balaban J connectivity index is 1.96. The van der Waals surface area contributed by atoms with E-state index in [9.17, 15) is 9.59 Å². The van der Waals surface area contributed by atoms with Crippen molar-refractivity contribution in [3.8, 4) is 5.75 Å². The van der Waals surface area contributed by atoms with Gasteiger partial charge < -0.3 is 10.5 Å². The maximum atomic E-state index is 11.2. The summed E-state index contributed by atoms with van der Waals surface area (Å²) >= 11 is 1.18. The van der Waals surface area contributed by atoms with Crippen molar-refractivity contribution in [2.75, 3.05) is 0 Å². The minimum absolute atomic E-state index is 0.213. The number of aromatic nitrogens is 1. The van der Waals surface area contributed by atoms with E-state index in [1.165, 1.54) is 11.3 Å². The molecule has 1 aromatic carbocycles. The van der Waals surface area contributed by atoms with Crippen LogP contribution in [0, 0.1) is 0 Å². The molecule has 1 heterocycles. The van der Waals surface area contributed by atoms with E-state index >= 15 is 0 Å². The molecule has 20 heavy (non-hydrogen) atoms. The van der Waals surface area contributed by atoms with Crippen LogP contribution < -0.4 is 21.7 Å². The van der Waals surface area contributed by atoms with Crippen molar-refractivity contribution in [1.29, 1.82) is 0 Å². The maximum absolute atomic E-state index is 11.2. The first-order chi connectivity index (χ1) is 9.60. The summed E-state index contributed by atoms with van der Waals surface area (Å²) in [6.07, 6.45) is 0. The van der Waals surface area contributed by atoms with Gasteiger partial charge in [0.25, 0.3) is 5.91 Å². The molecular formula is C12H12N4O3S. The molecule has 2 rings (SSSR count). The van der Waals surface area contributed by atoms with Crippen LogP contribution in [0.5, 0.6) is 5.75 Å². The van der Waals surface area contributed by atoms with E-state index in [1.807, 2.05) is 5.43 Å². The second-order valence-electron chi connectivity index (χ2n) is 3.79. The summed E-state index contributed by atoms with van der Waals surface area (Å²) in [6, 6.07) is 6.43. The minimum atomic E-state index is -0.492. The summed E-state index contributed by atoms with van der Waals surface area (Å²) in [5.74, 6) is 4.66. The number of amides is 2. The Hall–Kier alpha value is -2.45. The third kappa shape index (κ3) is 3.31. The van der Waals surface area contributed by atoms with Gasteiger partial charge in [-0.2, -0.15) is 0 Å². The van der Waals surface area contributed by atoms with Crippen molar-refractivity contribution < 1.29 is 14.3 Å². The zero-order chi connectivity index (χ0) is 14.5. The average molecular weight is 292 g/mol. The first-order valence-electron chi connectivity index (χ1n) is 5.58. The van der Waals surface area contributed by atoms with E-state index in [1.54, 1.807) is 29.6 Å². The molecule has 0 aliphatic heterocycles. The molecule has 0 saturated carbocycles. The second-order valence-corrected chi connectivity index (χ2v) is 4.65. The van der Waals surface area contributed by atoms with Crippen molar-refractivity contribution in [2.45, 2.75) is 6.61 Å². The van der Waals surface area contributed by atoms with Crippen molar-refractivity contribution in [1.82, 2.24) is 10.4 Å². The fourth-order valence-electron chi connectivity index (χ4n) is 1.41. The first kappa shape index (κ1) is 14.0. The van der Waals surface area contributed by atoms with E-state index in [4.69, 9.17) is 16.3 Å². The summed E-state index contributed by atoms with van der Waals surface area (Å²) in [4.78, 5) is 26.2. The topological polar surface area (TPSA) is 120 Å². The molecule has 5 N–H and O–H groups in total. The molecule has 0 aliphatic rings. The van der Waals surface area contributed by atoms with Crippen LogP contribution >= 0.6 is 11.3 Å². The third-order valence-corrected chi connectivity index (χ3v) is 3.29. The van der Waals surface area contributed by atoms with Crippen LogP contribution in [0.3, 0.4) is 0 Å². The van der Waals surface area contributed by atoms with Crippen LogP contribution in [0.15, 0.2) is 29.6 Å². The van der Waals surface area contributed by atoms with Gasteiger partial charge in [0.2, 0.25) is 5.91 Å². The molecule has 0 fully saturated rings. The number of hydrogen-bond acceptors (Lipinski definition) is 6. The molecule has 1 aromatic heterocycles. The number of nitrogens with zero attached hydrogens (tertiary/aromatic N) is 1. The van der Waals surface area contributed by atoms with Gasteiger partial charge in [0.05, 0.1) is 5.69 Å². The molecule has 0 saturated heterocycles. The van der Waals surface area contributed by atoms with Gasteiger partial charge in [-0.25, -0.2) is 10.8 Å². The normalized spacial score (nSPS) is 10.1. The number of benzene rings is 1. The Bertz CT molecular complexity index is 624. The van der Waals surface area contributed by atoms with Crippen LogP contribution in [0.4, 0.5) is 0 Å². The zero-order valence-corrected chi connectivity index (χ0v) is 11.1. The van der Waals surface area contributed by atoms with Gasteiger partial charge in [0.15, 0.2) is 5.01 Å². The van der Waals surface area contributed by atoms with Gasteiger partial charge in [-0.15, -0.1) is 11.3 Å². The highest BCUT2D eigenvalue weighted by molar-refractivity contribution is 7.11. The quantitative estimate of drug-likeness (QED) is 0.419. The number of nitrogens with two attached hydrogens (primary N) is 2. The van der Waals surface area contributed by atoms with Gasteiger partial charge in [0, 0.05) is 10.9 Å². The lowest BCUT2D eigenvalue weighted by Gasteiger charge is -2.04. The van der Waals surface area contributed by atoms with E-state index < -0.39 is 11.8 Å². The lowest BCUT2D eigenvalue weighted by atomic mass is 10.2. The number of thiazole rings is 1. The molecule has 104 valence electrons. The van der Waals surface area contributed by atoms with Crippen LogP contribution in [0.2, 0.25) is 0 Å². The fraction of sp³-hybridized carbons (Fsp3) is 0.0833. The standard InChI is InChI=1S/C12H12N4O3S/c13-10(17)7-1-3-9(4-2-7)19-5-8-6-20-12(15-8)11(18)16-14/h1-4,6H,5,14H2,(H2,13,17)(H,16,18). The third-order valence-electron chi connectivity index (χ3n) is 2.40. The van der Waals surface area contributed by atoms with E-state index in [-0.39, 0.29) is 11.6 Å². The smallest absolute Gasteiger partial charge is 0.294 e. The van der Waals surface area contributed by atoms with Crippen LogP contribution in [0.25, 0.3) is 0 Å². The van der Waals surface area contributed by atoms with E-state index in [2.05, 4.69) is 4.98 Å². The minimum Gasteiger partial charge on any atom is -0.487 e. The summed E-state index contributed by atoms with van der Waals surface area (Å²) in [5.41, 5.74) is 8.17. The molecule has 0 unspecified atom stereocenters. The summed E-state index contributed by atoms with van der Waals surface area (Å²) in [7, 11) is 0. The predicted octanol–water partition coefficient (Wildman–Crippen LogP) is 0.424. The molecule has 0 aliphatic carbocycles. The van der Waals surface area contributed by atoms with Crippen LogP contribution in [-0.4, -0.2) is 16.8 Å². The number of carbonyl (C=O) groups excluding carboxylic acids is 2. The number of hydrogen-bond donors (Lipinski definition) is 3. The predicted molar refractivity (Wildman–Crippen MR) is 73.1 cm³/mol. The summed E-state index contributed by atoms with van der Waals surface area (Å²) in [6.45, 7) is 0.213. The number of hydrazine groups is 1. The zero-order valence-electron chi connectivity index (χ0n) is 10.3. The molecular weight excluding hydrogens is 280 g/mol. The lowest BCUT2D eigenvalue weighted by molar-refractivity contribution is 0.0951. The molecule has 0 radical (unpaired) electrons. The van der Waals surface area contributed by atoms with Gasteiger partial charge in [-0.3, -0.25) is 15.0 Å². The Labute approximate surface area is 118 Å². The Morgan fingerprint density at radius 3 is 2.60 bits per heavy atom. The number of carbonyl (C=O) groups is 2. The van der Waals surface area contributed by atoms with Gasteiger partial charge in [-0.05, 0) is 24.3 Å². The molecule has 2 aromatic rings. The first-order valence-corrected chi connectivity index (χ1v) is 6.46. The van der Waals surface area contributed by atoms with Crippen molar-refractivity contribution >= 4 is 23.2 Å². The number of nitrogen functional groups attached to an aromatic ring is 1. The average Bonchev–Trinajstić information content (AvgIpc) is 2.93. The van der Waals surface area contributed by atoms with Crippen molar-refractivity contribution in [3.63, 3.8) is 0 Å². The highest BCUT2D eigenvalue weighted by atomic mass is 32.1. The molecule has 0 atom stereocenters. The van der Waals surface area contributed by atoms with Crippen LogP contribution in [-0.2, 0) is 6.61 Å². The monoisotopic (exact) mass is 292 g/mol. The summed E-state index contributed by atoms with van der Waals surface area (Å²) in [5, 5.41) is 1.98. The second kappa shape index (κ2) is 6.13. The number of rotatable bonds is 5. The Kier molecular flexibility index (Phi) is 4.28. The Morgan fingerprint density at radius 2 is 2.00 bits per heavy atom. The van der Waals surface area contributed by atoms with Gasteiger partial charge >= 0.3 is 0 Å². The SMILES string of the molecule is NNC(=O)c1nc(COc2ccc(C(N)=O)cc2)cs1. The van der Waals surface area contributed by atoms with Crippen molar-refractivity contribution in [3.05, 3.63) is 45.9 Å². The maximum Gasteiger partial charge on any atom is 0.294 e. The molecule has 2 amide bonds. The van der Waals surface area contributed by atoms with Crippen LogP contribution in [0.1, 0.15) is 25.9 Å². The largest absolute Gasteiger partial charge is 0.487 e. The molecule has 0 spiro atoms. The summed E-state index contributed by atoms with van der Waals surface area (Å²) < 4.78 is 5.48. The van der Waals surface area contributed by atoms with E-state index in [0.29, 0.717) is 17.0 Å². The fourth-order valence-corrected chi connectivity index (χ4v) is 2.12. The van der Waals surface area contributed by atoms with E-state index in [0.717, 1.165) is 0 Å². The highest BCUT2D eigenvalue weighted by Crippen LogP contribution is 2.15. The molecule has 0 bridgehead atoms. The van der Waals surface area contributed by atoms with Gasteiger partial charge in [-0.1, -0.05) is 0 Å². The van der Waals surface area contributed by atoms with Crippen molar-refractivity contribution in [2.24, 2.45) is 11.6 Å². The molecule has 8 heteroatoms. The number of nitrogens with one attached hydrogen (secondary N) is 1. The number of primary amides is 1. The highest BCUT2D eigenvalue weighted by Gasteiger charge is 2.09. The molecule has 7 nitrogen and oxygen atoms in total. The van der Waals surface area contributed by atoms with Gasteiger partial charge in [0.1, 0.15) is 12.4 Å². The number of ether oxygens (including phenoxy) is 1. The Morgan fingerprint density at radius 1 is 1.30 bits per heavy atom. The lowest BCUT2D eigenvalue weighted by Crippen LogP contribution is -2.29.